The van der Waals surface area contributed by atoms with Gasteiger partial charge in [0.15, 0.2) is 0 Å². The number of hydrogen-bond donors (Lipinski definition) is 1. The number of nitrogens with one attached hydrogen (secondary N) is 1. The summed E-state index contributed by atoms with van der Waals surface area (Å²) in [5, 5.41) is 11.9. The Hall–Kier alpha value is -2.21. The lowest BCUT2D eigenvalue weighted by molar-refractivity contribution is -0.135. The summed E-state index contributed by atoms with van der Waals surface area (Å²) in [5.41, 5.74) is 0. The Morgan fingerprint density at radius 2 is 1.96 bits per heavy atom. The van der Waals surface area contributed by atoms with E-state index in [0.717, 1.165) is 25.7 Å². The lowest BCUT2D eigenvalue weighted by Gasteiger charge is -2.34. The molecule has 23 heavy (non-hydrogen) atoms. The molecule has 0 radical (unpaired) electrons. The number of hydrogen-bond acceptors (Lipinski definition) is 3. The van der Waals surface area contributed by atoms with Crippen LogP contribution in [0.1, 0.15) is 38.5 Å². The van der Waals surface area contributed by atoms with Crippen molar-refractivity contribution in [2.75, 3.05) is 26.2 Å². The highest BCUT2D eigenvalue weighted by Gasteiger charge is 2.31. The second-order valence-corrected chi connectivity index (χ2v) is 6.27. The zero-order valence-electron chi connectivity index (χ0n) is 13.5. The molecular weight excluding hydrogens is 292 g/mol. The molecule has 1 saturated carbocycles. The van der Waals surface area contributed by atoms with E-state index in [1.165, 1.54) is 17.7 Å². The molecule has 1 heterocycles. The Morgan fingerprint density at radius 1 is 1.22 bits per heavy atom. The van der Waals surface area contributed by atoms with Crippen molar-refractivity contribution in [1.29, 1.82) is 5.26 Å². The largest absolute Gasteiger partial charge is 0.335 e. The van der Waals surface area contributed by atoms with E-state index >= 15 is 0 Å². The van der Waals surface area contributed by atoms with Gasteiger partial charge in [0.1, 0.15) is 6.54 Å². The molecule has 0 spiro atoms. The van der Waals surface area contributed by atoms with E-state index in [1.54, 1.807) is 4.90 Å². The highest BCUT2D eigenvalue weighted by Crippen LogP contribution is 2.21. The third kappa shape index (κ3) is 4.63. The fraction of sp³-hybridized carbons (Fsp3) is 0.706. The molecule has 2 aliphatic rings. The number of likely N-dealkylation sites (tertiary alicyclic amines) is 1. The molecule has 0 unspecified atom stereocenters. The van der Waals surface area contributed by atoms with Gasteiger partial charge < -0.3 is 15.1 Å². The van der Waals surface area contributed by atoms with E-state index in [4.69, 9.17) is 11.7 Å². The van der Waals surface area contributed by atoms with Gasteiger partial charge in [0.25, 0.3) is 0 Å². The molecule has 0 aromatic rings. The predicted molar refractivity (Wildman–Crippen MR) is 86.1 cm³/mol. The summed E-state index contributed by atoms with van der Waals surface area (Å²) >= 11 is 0. The van der Waals surface area contributed by atoms with Crippen molar-refractivity contribution >= 4 is 11.9 Å². The van der Waals surface area contributed by atoms with Crippen molar-refractivity contribution in [1.82, 2.24) is 15.1 Å². The summed E-state index contributed by atoms with van der Waals surface area (Å²) in [6.07, 6.45) is 11.2. The summed E-state index contributed by atoms with van der Waals surface area (Å²) in [6.45, 7) is 1.21. The standard InChI is InChI=1S/C17H24N4O2/c1-2-10-20(12-9-18)16(22)14-6-5-11-21(13-14)17(23)19-15-7-3-4-8-15/h1,14-15H,3-8,10-13H2,(H,19,23)/t14-/m0/s1. The molecule has 1 atom stereocenters. The van der Waals surface area contributed by atoms with Crippen LogP contribution in [0.25, 0.3) is 0 Å². The van der Waals surface area contributed by atoms with Gasteiger partial charge in [-0.1, -0.05) is 18.8 Å². The SMILES string of the molecule is C#CCN(CC#N)C(=O)[C@H]1CCCN(C(=O)NC2CCCC2)C1. The second kappa shape index (κ2) is 8.43. The first kappa shape index (κ1) is 17.1. The Morgan fingerprint density at radius 3 is 2.61 bits per heavy atom. The Balaban J connectivity index is 1.91. The quantitative estimate of drug-likeness (QED) is 0.628. The molecule has 6 heteroatoms. The molecule has 0 aromatic carbocycles. The Bertz CT molecular complexity index is 498. The van der Waals surface area contributed by atoms with Crippen molar-refractivity contribution in [2.24, 2.45) is 5.92 Å². The highest BCUT2D eigenvalue weighted by molar-refractivity contribution is 5.81. The molecule has 0 aromatic heterocycles. The minimum absolute atomic E-state index is 0.00615. The van der Waals surface area contributed by atoms with Gasteiger partial charge >= 0.3 is 6.03 Å². The predicted octanol–water partition coefficient (Wildman–Crippen LogP) is 1.34. The van der Waals surface area contributed by atoms with Gasteiger partial charge in [-0.05, 0) is 25.7 Å². The number of piperidine rings is 1. The number of nitrogens with zero attached hydrogens (tertiary/aromatic N) is 3. The molecule has 0 bridgehead atoms. The molecule has 3 amide bonds. The zero-order chi connectivity index (χ0) is 16.7. The van der Waals surface area contributed by atoms with Gasteiger partial charge in [-0.15, -0.1) is 6.42 Å². The first-order valence-electron chi connectivity index (χ1n) is 8.30. The fourth-order valence-corrected chi connectivity index (χ4v) is 3.36. The lowest BCUT2D eigenvalue weighted by Crippen LogP contribution is -2.51. The number of carbonyl (C=O) groups excluding carboxylic acids is 2. The molecule has 2 fully saturated rings. The van der Waals surface area contributed by atoms with E-state index in [2.05, 4.69) is 11.2 Å². The smallest absolute Gasteiger partial charge is 0.317 e. The first-order chi connectivity index (χ1) is 11.2. The topological polar surface area (TPSA) is 76.4 Å². The Kier molecular flexibility index (Phi) is 6.29. The Labute approximate surface area is 137 Å². The average molecular weight is 316 g/mol. The van der Waals surface area contributed by atoms with Crippen LogP contribution in [0.5, 0.6) is 0 Å². The van der Waals surface area contributed by atoms with Crippen LogP contribution >= 0.6 is 0 Å². The minimum atomic E-state index is -0.264. The lowest BCUT2D eigenvalue weighted by atomic mass is 9.96. The maximum atomic E-state index is 12.5. The van der Waals surface area contributed by atoms with E-state index in [9.17, 15) is 9.59 Å². The van der Waals surface area contributed by atoms with Crippen LogP contribution < -0.4 is 5.32 Å². The van der Waals surface area contributed by atoms with Crippen LogP contribution in [-0.4, -0.2) is 54.0 Å². The molecule has 1 saturated heterocycles. The fourth-order valence-electron chi connectivity index (χ4n) is 3.36. The third-order valence-corrected chi connectivity index (χ3v) is 4.60. The van der Waals surface area contributed by atoms with Crippen molar-refractivity contribution in [3.8, 4) is 18.4 Å². The second-order valence-electron chi connectivity index (χ2n) is 6.27. The van der Waals surface area contributed by atoms with Crippen LogP contribution in [0.4, 0.5) is 4.79 Å². The molecule has 2 rings (SSSR count). The number of rotatable bonds is 4. The maximum Gasteiger partial charge on any atom is 0.317 e. The number of carbonyl (C=O) groups is 2. The molecule has 6 nitrogen and oxygen atoms in total. The van der Waals surface area contributed by atoms with Crippen LogP contribution in [-0.2, 0) is 4.79 Å². The van der Waals surface area contributed by atoms with E-state index in [1.807, 2.05) is 6.07 Å². The minimum Gasteiger partial charge on any atom is -0.335 e. The zero-order valence-corrected chi connectivity index (χ0v) is 13.5. The van der Waals surface area contributed by atoms with Crippen LogP contribution in [0.15, 0.2) is 0 Å². The van der Waals surface area contributed by atoms with E-state index < -0.39 is 0 Å². The summed E-state index contributed by atoms with van der Waals surface area (Å²) < 4.78 is 0. The molecule has 1 aliphatic carbocycles. The summed E-state index contributed by atoms with van der Waals surface area (Å²) in [6, 6.07) is 2.17. The maximum absolute atomic E-state index is 12.5. The van der Waals surface area contributed by atoms with Gasteiger partial charge in [-0.3, -0.25) is 4.79 Å². The normalized spacial score (nSPS) is 21.3. The third-order valence-electron chi connectivity index (χ3n) is 4.60. The summed E-state index contributed by atoms with van der Waals surface area (Å²) in [5.74, 6) is 2.03. The van der Waals surface area contributed by atoms with Crippen molar-refractivity contribution in [3.63, 3.8) is 0 Å². The van der Waals surface area contributed by atoms with Gasteiger partial charge in [-0.25, -0.2) is 4.79 Å². The van der Waals surface area contributed by atoms with Crippen LogP contribution in [0.2, 0.25) is 0 Å². The molecule has 1 aliphatic heterocycles. The first-order valence-corrected chi connectivity index (χ1v) is 8.30. The molecule has 124 valence electrons. The number of amides is 3. The van der Waals surface area contributed by atoms with Gasteiger partial charge in [-0.2, -0.15) is 5.26 Å². The monoisotopic (exact) mass is 316 g/mol. The summed E-state index contributed by atoms with van der Waals surface area (Å²) in [7, 11) is 0. The number of terminal acetylenes is 1. The van der Waals surface area contributed by atoms with Gasteiger partial charge in [0.2, 0.25) is 5.91 Å². The average Bonchev–Trinajstić information content (AvgIpc) is 3.07. The summed E-state index contributed by atoms with van der Waals surface area (Å²) in [4.78, 5) is 28.0. The highest BCUT2D eigenvalue weighted by atomic mass is 16.2. The molecular formula is C17H24N4O2. The van der Waals surface area contributed by atoms with Crippen molar-refractivity contribution in [2.45, 2.75) is 44.6 Å². The van der Waals surface area contributed by atoms with Gasteiger partial charge in [0.05, 0.1) is 18.5 Å². The van der Waals surface area contributed by atoms with E-state index in [0.29, 0.717) is 13.1 Å². The van der Waals surface area contributed by atoms with Crippen LogP contribution in [0, 0.1) is 29.6 Å². The number of urea groups is 1. The van der Waals surface area contributed by atoms with Crippen molar-refractivity contribution < 1.29 is 9.59 Å². The number of nitriles is 1. The molecule has 1 N–H and O–H groups in total. The van der Waals surface area contributed by atoms with Gasteiger partial charge in [0, 0.05) is 19.1 Å². The van der Waals surface area contributed by atoms with Crippen LogP contribution in [0.3, 0.4) is 0 Å². The van der Waals surface area contributed by atoms with E-state index in [-0.39, 0.29) is 37.0 Å². The van der Waals surface area contributed by atoms with Crippen molar-refractivity contribution in [3.05, 3.63) is 0 Å².